The molecule has 1 aliphatic heterocycles. The molecule has 1 aliphatic rings. The van der Waals surface area contributed by atoms with Crippen LogP contribution in [0.1, 0.15) is 4.88 Å². The number of hydrogen-bond acceptors (Lipinski definition) is 3. The fourth-order valence-corrected chi connectivity index (χ4v) is 3.10. The van der Waals surface area contributed by atoms with Crippen LogP contribution < -0.4 is 0 Å². The minimum absolute atomic E-state index is 0.889. The molecule has 0 atom stereocenters. The molecule has 0 N–H and O–H groups in total. The summed E-state index contributed by atoms with van der Waals surface area (Å²) in [6.07, 6.45) is 1.98. The normalized spacial score (nSPS) is 18.8. The highest BCUT2D eigenvalue weighted by molar-refractivity contribution is 7.16. The number of piperazine rings is 1. The fourth-order valence-electron chi connectivity index (χ4n) is 1.97. The van der Waals surface area contributed by atoms with E-state index in [0.29, 0.717) is 0 Å². The smallest absolute Gasteiger partial charge is 0.0931 e. The molecule has 0 spiro atoms. The van der Waals surface area contributed by atoms with Gasteiger partial charge in [-0.15, -0.1) is 17.9 Å². The molecule has 2 heterocycles. The topological polar surface area (TPSA) is 6.48 Å². The third-order valence-corrected chi connectivity index (χ3v) is 4.08. The highest BCUT2D eigenvalue weighted by Crippen LogP contribution is 2.23. The summed E-state index contributed by atoms with van der Waals surface area (Å²) < 4.78 is 0.889. The van der Waals surface area contributed by atoms with Gasteiger partial charge in [0, 0.05) is 44.1 Å². The zero-order valence-electron chi connectivity index (χ0n) is 9.36. The van der Waals surface area contributed by atoms with Gasteiger partial charge in [0.2, 0.25) is 0 Å². The third kappa shape index (κ3) is 3.32. The van der Waals surface area contributed by atoms with Crippen molar-refractivity contribution in [2.45, 2.75) is 6.54 Å². The van der Waals surface area contributed by atoms with Gasteiger partial charge in [-0.2, -0.15) is 0 Å². The SMILES string of the molecule is C=CCN1CCN(Cc2ccc(Cl)s2)CC1. The standard InChI is InChI=1S/C12H17ClN2S/c1-2-5-14-6-8-15(9-7-14)10-11-3-4-12(13)16-11/h2-4H,1,5-10H2. The van der Waals surface area contributed by atoms with Crippen LogP contribution in [0, 0.1) is 0 Å². The van der Waals surface area contributed by atoms with Crippen LogP contribution in [-0.4, -0.2) is 42.5 Å². The largest absolute Gasteiger partial charge is 0.297 e. The van der Waals surface area contributed by atoms with Gasteiger partial charge in [0.1, 0.15) is 0 Å². The summed E-state index contributed by atoms with van der Waals surface area (Å²) in [5, 5.41) is 0. The summed E-state index contributed by atoms with van der Waals surface area (Å²) in [6.45, 7) is 10.4. The lowest BCUT2D eigenvalue weighted by Crippen LogP contribution is -2.45. The number of halogens is 1. The molecule has 0 saturated carbocycles. The Hall–Kier alpha value is -0.350. The molecule has 2 nitrogen and oxygen atoms in total. The van der Waals surface area contributed by atoms with Gasteiger partial charge in [-0.3, -0.25) is 9.80 Å². The Bertz CT molecular complexity index is 343. The Balaban J connectivity index is 1.79. The van der Waals surface area contributed by atoms with Gasteiger partial charge in [0.25, 0.3) is 0 Å². The maximum Gasteiger partial charge on any atom is 0.0931 e. The quantitative estimate of drug-likeness (QED) is 0.765. The van der Waals surface area contributed by atoms with Crippen molar-refractivity contribution in [3.05, 3.63) is 34.0 Å². The van der Waals surface area contributed by atoms with Crippen molar-refractivity contribution in [3.63, 3.8) is 0 Å². The Morgan fingerprint density at radius 1 is 1.25 bits per heavy atom. The minimum atomic E-state index is 0.889. The molecule has 1 fully saturated rings. The second-order valence-corrected chi connectivity index (χ2v) is 5.87. The highest BCUT2D eigenvalue weighted by Gasteiger charge is 2.16. The maximum atomic E-state index is 5.92. The molecule has 4 heteroatoms. The molecule has 88 valence electrons. The van der Waals surface area contributed by atoms with Crippen LogP contribution in [0.4, 0.5) is 0 Å². The molecule has 0 bridgehead atoms. The summed E-state index contributed by atoms with van der Waals surface area (Å²) in [5.41, 5.74) is 0. The second kappa shape index (κ2) is 5.82. The molecule has 0 radical (unpaired) electrons. The van der Waals surface area contributed by atoms with Crippen molar-refractivity contribution in [1.29, 1.82) is 0 Å². The Kier molecular flexibility index (Phi) is 4.41. The molecule has 1 saturated heterocycles. The molecular weight excluding hydrogens is 240 g/mol. The van der Waals surface area contributed by atoms with Gasteiger partial charge < -0.3 is 0 Å². The first-order valence-corrected chi connectivity index (χ1v) is 6.77. The van der Waals surface area contributed by atoms with Crippen LogP contribution in [0.25, 0.3) is 0 Å². The number of nitrogens with zero attached hydrogens (tertiary/aromatic N) is 2. The van der Waals surface area contributed by atoms with E-state index in [2.05, 4.69) is 22.4 Å². The van der Waals surface area contributed by atoms with E-state index in [-0.39, 0.29) is 0 Å². The summed E-state index contributed by atoms with van der Waals surface area (Å²) in [4.78, 5) is 6.29. The average molecular weight is 257 g/mol. The van der Waals surface area contributed by atoms with Gasteiger partial charge in [0.15, 0.2) is 0 Å². The molecule has 1 aromatic heterocycles. The van der Waals surface area contributed by atoms with E-state index in [1.807, 2.05) is 12.1 Å². The van der Waals surface area contributed by atoms with Crippen molar-refractivity contribution in [2.24, 2.45) is 0 Å². The summed E-state index contributed by atoms with van der Waals surface area (Å²) in [6, 6.07) is 4.11. The Morgan fingerprint density at radius 2 is 1.94 bits per heavy atom. The second-order valence-electron chi connectivity index (χ2n) is 4.07. The molecule has 0 unspecified atom stereocenters. The molecule has 1 aromatic rings. The number of thiophene rings is 1. The predicted octanol–water partition coefficient (Wildman–Crippen LogP) is 2.71. The lowest BCUT2D eigenvalue weighted by Gasteiger charge is -2.33. The van der Waals surface area contributed by atoms with Gasteiger partial charge in [0.05, 0.1) is 4.34 Å². The van der Waals surface area contributed by atoms with Crippen molar-refractivity contribution in [1.82, 2.24) is 9.80 Å². The van der Waals surface area contributed by atoms with Gasteiger partial charge in [-0.05, 0) is 12.1 Å². The monoisotopic (exact) mass is 256 g/mol. The van der Waals surface area contributed by atoms with E-state index in [4.69, 9.17) is 11.6 Å². The van der Waals surface area contributed by atoms with Crippen LogP contribution in [0.2, 0.25) is 4.34 Å². The molecule has 0 aromatic carbocycles. The number of rotatable bonds is 4. The lowest BCUT2D eigenvalue weighted by molar-refractivity contribution is 0.138. The molecular formula is C12H17ClN2S. The summed E-state index contributed by atoms with van der Waals surface area (Å²) in [7, 11) is 0. The van der Waals surface area contributed by atoms with Crippen molar-refractivity contribution >= 4 is 22.9 Å². The Morgan fingerprint density at radius 3 is 2.50 bits per heavy atom. The van der Waals surface area contributed by atoms with Crippen molar-refractivity contribution in [3.8, 4) is 0 Å². The summed E-state index contributed by atoms with van der Waals surface area (Å²) in [5.74, 6) is 0. The van der Waals surface area contributed by atoms with E-state index in [0.717, 1.165) is 43.6 Å². The van der Waals surface area contributed by atoms with E-state index in [1.54, 1.807) is 11.3 Å². The first kappa shape index (κ1) is 12.1. The van der Waals surface area contributed by atoms with Crippen LogP contribution in [-0.2, 0) is 6.54 Å². The lowest BCUT2D eigenvalue weighted by atomic mass is 10.3. The van der Waals surface area contributed by atoms with E-state index >= 15 is 0 Å². The van der Waals surface area contributed by atoms with Gasteiger partial charge >= 0.3 is 0 Å². The van der Waals surface area contributed by atoms with Gasteiger partial charge in [-0.1, -0.05) is 17.7 Å². The van der Waals surface area contributed by atoms with Crippen LogP contribution >= 0.6 is 22.9 Å². The summed E-state index contributed by atoms with van der Waals surface area (Å²) >= 11 is 7.61. The Labute approximate surface area is 106 Å². The predicted molar refractivity (Wildman–Crippen MR) is 71.2 cm³/mol. The third-order valence-electron chi connectivity index (χ3n) is 2.86. The van der Waals surface area contributed by atoms with Crippen molar-refractivity contribution < 1.29 is 0 Å². The first-order valence-electron chi connectivity index (χ1n) is 5.58. The van der Waals surface area contributed by atoms with E-state index in [1.165, 1.54) is 4.88 Å². The zero-order chi connectivity index (χ0) is 11.4. The molecule has 0 aliphatic carbocycles. The van der Waals surface area contributed by atoms with E-state index < -0.39 is 0 Å². The zero-order valence-corrected chi connectivity index (χ0v) is 10.9. The maximum absolute atomic E-state index is 5.92. The minimum Gasteiger partial charge on any atom is -0.297 e. The molecule has 2 rings (SSSR count). The average Bonchev–Trinajstić information content (AvgIpc) is 2.67. The molecule has 0 amide bonds. The number of hydrogen-bond donors (Lipinski definition) is 0. The van der Waals surface area contributed by atoms with Crippen LogP contribution in [0.15, 0.2) is 24.8 Å². The molecule has 16 heavy (non-hydrogen) atoms. The van der Waals surface area contributed by atoms with Crippen LogP contribution in [0.3, 0.4) is 0 Å². The van der Waals surface area contributed by atoms with Crippen LogP contribution in [0.5, 0.6) is 0 Å². The highest BCUT2D eigenvalue weighted by atomic mass is 35.5. The fraction of sp³-hybridized carbons (Fsp3) is 0.500. The van der Waals surface area contributed by atoms with Crippen molar-refractivity contribution in [2.75, 3.05) is 32.7 Å². The van der Waals surface area contributed by atoms with Gasteiger partial charge in [-0.25, -0.2) is 0 Å². The van der Waals surface area contributed by atoms with E-state index in [9.17, 15) is 0 Å². The first-order chi connectivity index (χ1) is 7.78.